The summed E-state index contributed by atoms with van der Waals surface area (Å²) in [7, 11) is 0. The molecule has 116 valence electrons. The Bertz CT molecular complexity index is 760. The number of carbonyl (C=O) groups is 1. The van der Waals surface area contributed by atoms with Gasteiger partial charge < -0.3 is 5.32 Å². The molecule has 1 amide bonds. The summed E-state index contributed by atoms with van der Waals surface area (Å²) in [4.78, 5) is 28.3. The SMILES string of the molecule is O=C(Cn1cnc2ccsc2c1=O)NCCC1=CCCCC1. The number of hydrogen-bond acceptors (Lipinski definition) is 4. The predicted molar refractivity (Wildman–Crippen MR) is 88.1 cm³/mol. The molecule has 0 saturated carbocycles. The van der Waals surface area contributed by atoms with Crippen molar-refractivity contribution in [3.05, 3.63) is 39.8 Å². The van der Waals surface area contributed by atoms with Gasteiger partial charge in [0.1, 0.15) is 11.2 Å². The molecule has 22 heavy (non-hydrogen) atoms. The number of rotatable bonds is 5. The highest BCUT2D eigenvalue weighted by molar-refractivity contribution is 7.17. The van der Waals surface area contributed by atoms with Gasteiger partial charge in [-0.05, 0) is 43.6 Å². The van der Waals surface area contributed by atoms with Gasteiger partial charge in [-0.15, -0.1) is 11.3 Å². The Morgan fingerprint density at radius 2 is 2.32 bits per heavy atom. The number of fused-ring (bicyclic) bond motifs is 1. The van der Waals surface area contributed by atoms with Gasteiger partial charge in [-0.25, -0.2) is 4.98 Å². The molecular formula is C16H19N3O2S. The van der Waals surface area contributed by atoms with Crippen LogP contribution in [0.5, 0.6) is 0 Å². The van der Waals surface area contributed by atoms with Crippen LogP contribution in [0.1, 0.15) is 32.1 Å². The molecule has 1 aliphatic rings. The van der Waals surface area contributed by atoms with Crippen LogP contribution in [-0.4, -0.2) is 22.0 Å². The van der Waals surface area contributed by atoms with E-state index in [4.69, 9.17) is 0 Å². The zero-order valence-corrected chi connectivity index (χ0v) is 13.2. The molecule has 2 aromatic rings. The predicted octanol–water partition coefficient (Wildman–Crippen LogP) is 2.46. The van der Waals surface area contributed by atoms with Crippen molar-refractivity contribution < 1.29 is 4.79 Å². The Morgan fingerprint density at radius 1 is 1.41 bits per heavy atom. The minimum absolute atomic E-state index is 0.0265. The number of nitrogens with zero attached hydrogens (tertiary/aromatic N) is 2. The standard InChI is InChI=1S/C16H19N3O2S/c20-14(17-8-6-12-4-2-1-3-5-12)10-19-11-18-13-7-9-22-15(13)16(19)21/h4,7,9,11H,1-3,5-6,8,10H2,(H,17,20). The van der Waals surface area contributed by atoms with Crippen molar-refractivity contribution in [3.8, 4) is 0 Å². The van der Waals surface area contributed by atoms with Gasteiger partial charge in [0, 0.05) is 6.54 Å². The lowest BCUT2D eigenvalue weighted by Gasteiger charge is -2.13. The van der Waals surface area contributed by atoms with E-state index in [1.807, 2.05) is 11.4 Å². The third-order valence-corrected chi connectivity index (χ3v) is 4.79. The molecule has 0 saturated heterocycles. The highest BCUT2D eigenvalue weighted by Gasteiger charge is 2.09. The van der Waals surface area contributed by atoms with Crippen LogP contribution in [0.4, 0.5) is 0 Å². The van der Waals surface area contributed by atoms with E-state index in [0.717, 1.165) is 19.3 Å². The second-order valence-corrected chi connectivity index (χ2v) is 6.44. The molecule has 0 spiro atoms. The van der Waals surface area contributed by atoms with Gasteiger partial charge >= 0.3 is 0 Å². The first-order chi connectivity index (χ1) is 10.7. The lowest BCUT2D eigenvalue weighted by molar-refractivity contribution is -0.121. The Kier molecular flexibility index (Phi) is 4.68. The fourth-order valence-corrected chi connectivity index (χ4v) is 3.49. The van der Waals surface area contributed by atoms with Crippen molar-refractivity contribution in [2.75, 3.05) is 6.54 Å². The van der Waals surface area contributed by atoms with E-state index in [2.05, 4.69) is 16.4 Å². The average molecular weight is 317 g/mol. The molecule has 0 unspecified atom stereocenters. The zero-order valence-electron chi connectivity index (χ0n) is 12.4. The van der Waals surface area contributed by atoms with E-state index in [1.54, 1.807) is 0 Å². The van der Waals surface area contributed by atoms with Crippen LogP contribution in [-0.2, 0) is 11.3 Å². The molecule has 5 nitrogen and oxygen atoms in total. The first kappa shape index (κ1) is 15.0. The number of nitrogens with one attached hydrogen (secondary N) is 1. The van der Waals surface area contributed by atoms with Crippen molar-refractivity contribution in [2.45, 2.75) is 38.6 Å². The number of amides is 1. The van der Waals surface area contributed by atoms with Crippen LogP contribution in [0.3, 0.4) is 0 Å². The summed E-state index contributed by atoms with van der Waals surface area (Å²) in [6.45, 7) is 0.660. The highest BCUT2D eigenvalue weighted by Crippen LogP contribution is 2.19. The second kappa shape index (κ2) is 6.87. The third-order valence-electron chi connectivity index (χ3n) is 3.90. The molecule has 0 aliphatic heterocycles. The Morgan fingerprint density at radius 3 is 3.14 bits per heavy atom. The maximum absolute atomic E-state index is 12.2. The van der Waals surface area contributed by atoms with Gasteiger partial charge in [0.15, 0.2) is 0 Å². The van der Waals surface area contributed by atoms with E-state index in [0.29, 0.717) is 16.8 Å². The van der Waals surface area contributed by atoms with Crippen LogP contribution in [0.25, 0.3) is 10.2 Å². The molecular weight excluding hydrogens is 298 g/mol. The van der Waals surface area contributed by atoms with E-state index in [1.165, 1.54) is 40.6 Å². The van der Waals surface area contributed by atoms with Gasteiger partial charge in [-0.1, -0.05) is 11.6 Å². The maximum atomic E-state index is 12.2. The summed E-state index contributed by atoms with van der Waals surface area (Å²) < 4.78 is 1.97. The van der Waals surface area contributed by atoms with Crippen LogP contribution in [0.2, 0.25) is 0 Å². The van der Waals surface area contributed by atoms with Crippen LogP contribution in [0.15, 0.2) is 34.2 Å². The lowest BCUT2D eigenvalue weighted by Crippen LogP contribution is -2.32. The Hall–Kier alpha value is -1.95. The highest BCUT2D eigenvalue weighted by atomic mass is 32.1. The quantitative estimate of drug-likeness (QED) is 0.862. The van der Waals surface area contributed by atoms with Crippen LogP contribution >= 0.6 is 11.3 Å². The molecule has 0 fully saturated rings. The minimum atomic E-state index is -0.148. The summed E-state index contributed by atoms with van der Waals surface area (Å²) >= 11 is 1.36. The van der Waals surface area contributed by atoms with E-state index >= 15 is 0 Å². The van der Waals surface area contributed by atoms with Gasteiger partial charge in [0.25, 0.3) is 5.56 Å². The molecule has 1 N–H and O–H groups in total. The topological polar surface area (TPSA) is 64.0 Å². The van der Waals surface area contributed by atoms with Crippen molar-refractivity contribution in [2.24, 2.45) is 0 Å². The fraction of sp³-hybridized carbons (Fsp3) is 0.438. The molecule has 0 bridgehead atoms. The number of thiophene rings is 1. The maximum Gasteiger partial charge on any atom is 0.271 e. The zero-order chi connectivity index (χ0) is 15.4. The molecule has 0 radical (unpaired) electrons. The van der Waals surface area contributed by atoms with Crippen molar-refractivity contribution in [3.63, 3.8) is 0 Å². The van der Waals surface area contributed by atoms with Gasteiger partial charge in [-0.3, -0.25) is 14.2 Å². The second-order valence-electron chi connectivity index (χ2n) is 5.52. The van der Waals surface area contributed by atoms with Crippen molar-refractivity contribution in [1.29, 1.82) is 0 Å². The van der Waals surface area contributed by atoms with Crippen molar-refractivity contribution >= 4 is 27.5 Å². The van der Waals surface area contributed by atoms with Gasteiger partial charge in [0.05, 0.1) is 11.8 Å². The lowest BCUT2D eigenvalue weighted by atomic mass is 9.97. The number of carbonyl (C=O) groups excluding carboxylic acids is 1. The Balaban J connectivity index is 1.55. The fourth-order valence-electron chi connectivity index (χ4n) is 2.70. The smallest absolute Gasteiger partial charge is 0.271 e. The van der Waals surface area contributed by atoms with Crippen LogP contribution < -0.4 is 10.9 Å². The Labute approximate surface area is 132 Å². The van der Waals surface area contributed by atoms with Gasteiger partial charge in [-0.2, -0.15) is 0 Å². The first-order valence-corrected chi connectivity index (χ1v) is 8.49. The summed E-state index contributed by atoms with van der Waals surface area (Å²) in [5, 5.41) is 4.72. The monoisotopic (exact) mass is 317 g/mol. The summed E-state index contributed by atoms with van der Waals surface area (Å²) in [6.07, 6.45) is 9.47. The molecule has 6 heteroatoms. The van der Waals surface area contributed by atoms with E-state index < -0.39 is 0 Å². The molecule has 2 aromatic heterocycles. The number of aromatic nitrogens is 2. The molecule has 2 heterocycles. The molecule has 1 aliphatic carbocycles. The normalized spacial score (nSPS) is 14.8. The summed E-state index contributed by atoms with van der Waals surface area (Å²) in [5.74, 6) is -0.142. The van der Waals surface area contributed by atoms with Crippen molar-refractivity contribution in [1.82, 2.24) is 14.9 Å². The van der Waals surface area contributed by atoms with E-state index in [-0.39, 0.29) is 18.0 Å². The number of hydrogen-bond donors (Lipinski definition) is 1. The van der Waals surface area contributed by atoms with E-state index in [9.17, 15) is 9.59 Å². The molecule has 0 aromatic carbocycles. The third kappa shape index (κ3) is 3.44. The van der Waals surface area contributed by atoms with Gasteiger partial charge in [0.2, 0.25) is 5.91 Å². The molecule has 0 atom stereocenters. The average Bonchev–Trinajstić information content (AvgIpc) is 3.01. The number of allylic oxidation sites excluding steroid dienone is 1. The largest absolute Gasteiger partial charge is 0.354 e. The van der Waals surface area contributed by atoms with Crippen LogP contribution in [0, 0.1) is 0 Å². The summed E-state index contributed by atoms with van der Waals surface area (Å²) in [5.41, 5.74) is 1.98. The summed E-state index contributed by atoms with van der Waals surface area (Å²) in [6, 6.07) is 1.81. The molecule has 3 rings (SSSR count). The minimum Gasteiger partial charge on any atom is -0.354 e. The first-order valence-electron chi connectivity index (χ1n) is 7.61.